The van der Waals surface area contributed by atoms with E-state index in [-0.39, 0.29) is 23.7 Å². The van der Waals surface area contributed by atoms with Gasteiger partial charge in [-0.25, -0.2) is 4.39 Å². The lowest BCUT2D eigenvalue weighted by molar-refractivity contribution is -0.388. The molecule has 13 heteroatoms. The molecule has 5 rings (SSSR count). The highest BCUT2D eigenvalue weighted by Gasteiger charge is 2.38. The lowest BCUT2D eigenvalue weighted by Gasteiger charge is -2.39. The van der Waals surface area contributed by atoms with E-state index in [1.54, 1.807) is 17.4 Å². The first-order valence-electron chi connectivity index (χ1n) is 13.0. The highest BCUT2D eigenvalue weighted by atomic mass is 32.1. The van der Waals surface area contributed by atoms with Gasteiger partial charge in [0.15, 0.2) is 12.5 Å². The van der Waals surface area contributed by atoms with Crippen LogP contribution in [-0.4, -0.2) is 60.7 Å². The Morgan fingerprint density at radius 1 is 1.05 bits per heavy atom. The molecule has 2 fully saturated rings. The van der Waals surface area contributed by atoms with Gasteiger partial charge in [-0.05, 0) is 67.5 Å². The third-order valence-corrected chi connectivity index (χ3v) is 8.62. The van der Waals surface area contributed by atoms with Crippen LogP contribution in [0.15, 0.2) is 42.5 Å². The number of nitrogens with one attached hydrogen (secondary N) is 1. The number of piperazine rings is 1. The zero-order valence-corrected chi connectivity index (χ0v) is 22.2. The zero-order chi connectivity index (χ0) is 28.4. The van der Waals surface area contributed by atoms with Crippen molar-refractivity contribution < 1.29 is 32.0 Å². The Balaban J connectivity index is 1.11. The summed E-state index contributed by atoms with van der Waals surface area (Å²) in [6.07, 6.45) is -2.39. The van der Waals surface area contributed by atoms with E-state index in [1.165, 1.54) is 18.2 Å². The molecule has 2 aromatic carbocycles. The molecule has 1 atom stereocenters. The minimum absolute atomic E-state index is 0.115. The van der Waals surface area contributed by atoms with E-state index >= 15 is 0 Å². The van der Waals surface area contributed by atoms with Gasteiger partial charge in [0.1, 0.15) is 11.4 Å². The fourth-order valence-electron chi connectivity index (χ4n) is 5.35. The van der Waals surface area contributed by atoms with E-state index in [0.717, 1.165) is 33.5 Å². The van der Waals surface area contributed by atoms with E-state index < -0.39 is 28.6 Å². The maximum atomic E-state index is 13.5. The van der Waals surface area contributed by atoms with Crippen LogP contribution in [0.1, 0.15) is 31.2 Å². The van der Waals surface area contributed by atoms with E-state index in [0.29, 0.717) is 51.9 Å². The standard InChI is InChI=1S/C27H28F4N4O4S/c28-18-1-8-24-17(13-18)14-26(40-24)34-11-9-33(10-12-34)25(16-36)39-21-5-2-19(3-6-21)32-20-4-7-23(35(37)38)22(15-20)27(29,30)31/h1,4,7-8,13-16,19,21,25,32H,2-3,5-6,9-12H2. The molecule has 40 heavy (non-hydrogen) atoms. The SMILES string of the molecule is O=CC(OC1CCC(Nc2ccc([N+](=O)[O-])c(C(F)(F)F)c2)CC1)N1CCN(c2cc3cc(F)ccc3s2)CC1. The number of halogens is 4. The number of aldehydes is 1. The molecular weight excluding hydrogens is 552 g/mol. The first-order chi connectivity index (χ1) is 19.1. The van der Waals surface area contributed by atoms with Crippen molar-refractivity contribution in [1.29, 1.82) is 0 Å². The summed E-state index contributed by atoms with van der Waals surface area (Å²) in [5.74, 6) is -0.264. The Labute approximate surface area is 231 Å². The number of carbonyl (C=O) groups is 1. The fraction of sp³-hybridized carbons (Fsp3) is 0.444. The fourth-order valence-corrected chi connectivity index (χ4v) is 6.44. The summed E-state index contributed by atoms with van der Waals surface area (Å²) >= 11 is 1.61. The number of rotatable bonds is 8. The van der Waals surface area contributed by atoms with Crippen LogP contribution < -0.4 is 10.2 Å². The molecular formula is C27H28F4N4O4S. The number of fused-ring (bicyclic) bond motifs is 1. The summed E-state index contributed by atoms with van der Waals surface area (Å²) < 4.78 is 60.6. The van der Waals surface area contributed by atoms with Crippen molar-refractivity contribution >= 4 is 44.1 Å². The smallest absolute Gasteiger partial charge is 0.382 e. The number of alkyl halides is 3. The molecule has 1 saturated heterocycles. The molecule has 1 aromatic heterocycles. The molecule has 214 valence electrons. The number of hydrogen-bond donors (Lipinski definition) is 1. The average molecular weight is 581 g/mol. The van der Waals surface area contributed by atoms with Gasteiger partial charge in [0, 0.05) is 48.7 Å². The summed E-state index contributed by atoms with van der Waals surface area (Å²) in [6, 6.07) is 9.56. The van der Waals surface area contributed by atoms with Gasteiger partial charge in [-0.2, -0.15) is 13.2 Å². The minimum Gasteiger partial charge on any atom is -0.382 e. The van der Waals surface area contributed by atoms with Gasteiger partial charge in [-0.3, -0.25) is 19.8 Å². The molecule has 2 aliphatic rings. The Morgan fingerprint density at radius 2 is 1.77 bits per heavy atom. The Bertz CT molecular complexity index is 1370. The van der Waals surface area contributed by atoms with E-state index in [9.17, 15) is 32.5 Å². The summed E-state index contributed by atoms with van der Waals surface area (Å²) in [7, 11) is 0. The maximum absolute atomic E-state index is 13.5. The van der Waals surface area contributed by atoms with Crippen LogP contribution in [0.2, 0.25) is 0 Å². The highest BCUT2D eigenvalue weighted by Crippen LogP contribution is 2.38. The molecule has 1 unspecified atom stereocenters. The number of hydrogen-bond acceptors (Lipinski definition) is 8. The first kappa shape index (κ1) is 28.2. The average Bonchev–Trinajstić information content (AvgIpc) is 3.35. The minimum atomic E-state index is -4.84. The summed E-state index contributed by atoms with van der Waals surface area (Å²) in [6.45, 7) is 2.67. The van der Waals surface area contributed by atoms with E-state index in [1.807, 2.05) is 11.0 Å². The van der Waals surface area contributed by atoms with Crippen LogP contribution in [0.5, 0.6) is 0 Å². The van der Waals surface area contributed by atoms with Crippen molar-refractivity contribution in [3.05, 3.63) is 64.0 Å². The first-order valence-corrected chi connectivity index (χ1v) is 13.8. The van der Waals surface area contributed by atoms with Gasteiger partial charge >= 0.3 is 6.18 Å². The number of anilines is 2. The normalized spacial score (nSPS) is 21.4. The maximum Gasteiger partial charge on any atom is 0.423 e. The van der Waals surface area contributed by atoms with Gasteiger partial charge < -0.3 is 15.0 Å². The Morgan fingerprint density at radius 3 is 2.42 bits per heavy atom. The number of benzene rings is 2. The summed E-state index contributed by atoms with van der Waals surface area (Å²) in [5.41, 5.74) is -2.08. The van der Waals surface area contributed by atoms with Crippen LogP contribution in [0.3, 0.4) is 0 Å². The van der Waals surface area contributed by atoms with Gasteiger partial charge in [-0.1, -0.05) is 0 Å². The summed E-state index contributed by atoms with van der Waals surface area (Å²) in [4.78, 5) is 26.1. The molecule has 1 aliphatic carbocycles. The second-order valence-corrected chi connectivity index (χ2v) is 11.1. The molecule has 8 nitrogen and oxygen atoms in total. The van der Waals surface area contributed by atoms with Crippen LogP contribution >= 0.6 is 11.3 Å². The molecule has 1 N–H and O–H groups in total. The Kier molecular flexibility index (Phi) is 8.24. The number of carbonyl (C=O) groups excluding carboxylic acids is 1. The largest absolute Gasteiger partial charge is 0.423 e. The third-order valence-electron chi connectivity index (χ3n) is 7.44. The summed E-state index contributed by atoms with van der Waals surface area (Å²) in [5, 5.41) is 16.0. The predicted octanol–water partition coefficient (Wildman–Crippen LogP) is 6.05. The molecule has 0 bridgehead atoms. The molecule has 2 heterocycles. The lowest BCUT2D eigenvalue weighted by atomic mass is 9.92. The van der Waals surface area contributed by atoms with Crippen molar-refractivity contribution in [2.45, 2.75) is 50.2 Å². The molecule has 1 aliphatic heterocycles. The van der Waals surface area contributed by atoms with Crippen LogP contribution in [0, 0.1) is 15.9 Å². The van der Waals surface area contributed by atoms with Crippen LogP contribution in [-0.2, 0) is 15.7 Å². The number of nitro benzene ring substituents is 1. The van der Waals surface area contributed by atoms with Crippen molar-refractivity contribution in [1.82, 2.24) is 4.90 Å². The van der Waals surface area contributed by atoms with Crippen molar-refractivity contribution in [3.63, 3.8) is 0 Å². The molecule has 0 radical (unpaired) electrons. The lowest BCUT2D eigenvalue weighted by Crippen LogP contribution is -2.52. The third kappa shape index (κ3) is 6.37. The van der Waals surface area contributed by atoms with Gasteiger partial charge in [0.2, 0.25) is 0 Å². The van der Waals surface area contributed by atoms with E-state index in [4.69, 9.17) is 4.74 Å². The molecule has 0 spiro atoms. The second-order valence-electron chi connectivity index (χ2n) is 10.1. The predicted molar refractivity (Wildman–Crippen MR) is 144 cm³/mol. The zero-order valence-electron chi connectivity index (χ0n) is 21.4. The van der Waals surface area contributed by atoms with Crippen molar-refractivity contribution in [2.24, 2.45) is 0 Å². The van der Waals surface area contributed by atoms with Crippen molar-refractivity contribution in [2.75, 3.05) is 36.4 Å². The molecule has 3 aromatic rings. The number of nitro groups is 1. The van der Waals surface area contributed by atoms with Gasteiger partial charge in [0.25, 0.3) is 5.69 Å². The number of ether oxygens (including phenoxy) is 1. The van der Waals surface area contributed by atoms with Gasteiger partial charge in [0.05, 0.1) is 16.0 Å². The van der Waals surface area contributed by atoms with Crippen LogP contribution in [0.25, 0.3) is 10.1 Å². The molecule has 0 amide bonds. The quantitative estimate of drug-likeness (QED) is 0.150. The molecule has 1 saturated carbocycles. The topological polar surface area (TPSA) is 87.9 Å². The number of thiophene rings is 1. The van der Waals surface area contributed by atoms with Gasteiger partial charge in [-0.15, -0.1) is 11.3 Å². The highest BCUT2D eigenvalue weighted by molar-refractivity contribution is 7.22. The van der Waals surface area contributed by atoms with Crippen molar-refractivity contribution in [3.8, 4) is 0 Å². The second kappa shape index (κ2) is 11.7. The Hall–Kier alpha value is -3.29. The number of nitrogens with zero attached hydrogens (tertiary/aromatic N) is 3. The van der Waals surface area contributed by atoms with E-state index in [2.05, 4.69) is 10.2 Å². The monoisotopic (exact) mass is 580 g/mol. The van der Waals surface area contributed by atoms with Crippen LogP contribution in [0.4, 0.5) is 33.9 Å².